The fourth-order valence-electron chi connectivity index (χ4n) is 3.66. The summed E-state index contributed by atoms with van der Waals surface area (Å²) in [5.41, 5.74) is 1.13. The molecular weight excluding hydrogens is 258 g/mol. The van der Waals surface area contributed by atoms with Gasteiger partial charge < -0.3 is 15.3 Å². The topological polar surface area (TPSA) is 81.0 Å². The number of likely N-dealkylation sites (N-methyl/N-ethyl adjacent to an activating group) is 1. The zero-order valence-corrected chi connectivity index (χ0v) is 11.6. The van der Waals surface area contributed by atoms with Crippen molar-refractivity contribution in [2.24, 2.45) is 0 Å². The van der Waals surface area contributed by atoms with Gasteiger partial charge in [-0.2, -0.15) is 0 Å². The number of hydrogen-bond donors (Lipinski definition) is 3. The number of rotatable bonds is 1. The second kappa shape index (κ2) is 4.04. The van der Waals surface area contributed by atoms with Crippen molar-refractivity contribution in [1.82, 2.24) is 4.90 Å². The summed E-state index contributed by atoms with van der Waals surface area (Å²) in [4.78, 5) is 13.1. The van der Waals surface area contributed by atoms with Gasteiger partial charge in [-0.1, -0.05) is 13.0 Å². The molecule has 1 heterocycles. The Bertz CT molecular complexity index is 583. The maximum atomic E-state index is 11.1. The lowest BCUT2D eigenvalue weighted by Crippen LogP contribution is -2.69. The normalized spacial score (nSPS) is 31.7. The molecule has 5 nitrogen and oxygen atoms in total. The second-order valence-corrected chi connectivity index (χ2v) is 6.19. The van der Waals surface area contributed by atoms with Crippen molar-refractivity contribution < 1.29 is 20.1 Å². The average Bonchev–Trinajstić information content (AvgIpc) is 2.38. The van der Waals surface area contributed by atoms with Gasteiger partial charge in [-0.05, 0) is 49.7 Å². The number of carbonyl (C=O) groups is 1. The zero-order chi connectivity index (χ0) is 14.7. The zero-order valence-electron chi connectivity index (χ0n) is 11.6. The van der Waals surface area contributed by atoms with Gasteiger partial charge in [0.15, 0.2) is 5.79 Å². The lowest BCUT2D eigenvalue weighted by Gasteiger charge is -2.57. The standard InChI is InChI=1S/C15H19NO4/c1-14-5-6-16(2)12(15(14,19)20)8-9-3-4-10(13(17)18)7-11(9)14/h3-4,7,12,19-20H,5-6,8H2,1-2H3,(H,17,18)/t12-,14?/m1/s1. The molecule has 108 valence electrons. The number of aromatic carboxylic acids is 1. The minimum Gasteiger partial charge on any atom is -0.478 e. The van der Waals surface area contributed by atoms with Crippen LogP contribution in [0.15, 0.2) is 18.2 Å². The van der Waals surface area contributed by atoms with Gasteiger partial charge in [-0.15, -0.1) is 0 Å². The summed E-state index contributed by atoms with van der Waals surface area (Å²) in [6.45, 7) is 2.58. The summed E-state index contributed by atoms with van der Waals surface area (Å²) in [7, 11) is 1.89. The van der Waals surface area contributed by atoms with Gasteiger partial charge in [0.25, 0.3) is 0 Å². The van der Waals surface area contributed by atoms with Gasteiger partial charge in [-0.25, -0.2) is 4.79 Å². The van der Waals surface area contributed by atoms with Gasteiger partial charge in [0.1, 0.15) is 0 Å². The molecule has 1 aliphatic carbocycles. The number of aliphatic hydroxyl groups is 2. The van der Waals surface area contributed by atoms with E-state index in [1.54, 1.807) is 18.2 Å². The number of fused-ring (bicyclic) bond motifs is 4. The third kappa shape index (κ3) is 1.57. The molecular formula is C15H19NO4. The first-order valence-corrected chi connectivity index (χ1v) is 6.79. The minimum atomic E-state index is -1.84. The van der Waals surface area contributed by atoms with E-state index in [4.69, 9.17) is 5.11 Å². The lowest BCUT2D eigenvalue weighted by atomic mass is 9.60. The van der Waals surface area contributed by atoms with E-state index in [9.17, 15) is 15.0 Å². The molecule has 1 fully saturated rings. The van der Waals surface area contributed by atoms with Crippen LogP contribution in [0.2, 0.25) is 0 Å². The van der Waals surface area contributed by atoms with E-state index in [-0.39, 0.29) is 11.6 Å². The Kier molecular flexibility index (Phi) is 2.73. The van der Waals surface area contributed by atoms with Crippen molar-refractivity contribution in [2.75, 3.05) is 13.6 Å². The molecule has 0 saturated carbocycles. The predicted molar refractivity (Wildman–Crippen MR) is 72.7 cm³/mol. The molecule has 1 aliphatic heterocycles. The molecule has 2 atom stereocenters. The van der Waals surface area contributed by atoms with E-state index in [0.29, 0.717) is 12.8 Å². The molecule has 2 aliphatic rings. The molecule has 0 radical (unpaired) electrons. The van der Waals surface area contributed by atoms with Crippen LogP contribution in [-0.2, 0) is 11.8 Å². The summed E-state index contributed by atoms with van der Waals surface area (Å²) >= 11 is 0. The Hall–Kier alpha value is -1.43. The third-order valence-corrected chi connectivity index (χ3v) is 5.14. The molecule has 0 amide bonds. The second-order valence-electron chi connectivity index (χ2n) is 6.19. The monoisotopic (exact) mass is 277 g/mol. The highest BCUT2D eigenvalue weighted by Crippen LogP contribution is 2.49. The maximum absolute atomic E-state index is 11.1. The molecule has 1 aromatic carbocycles. The fourth-order valence-corrected chi connectivity index (χ4v) is 3.66. The van der Waals surface area contributed by atoms with Crippen LogP contribution in [0.1, 0.15) is 34.8 Å². The Morgan fingerprint density at radius 3 is 2.75 bits per heavy atom. The van der Waals surface area contributed by atoms with Crippen LogP contribution >= 0.6 is 0 Å². The van der Waals surface area contributed by atoms with Crippen molar-refractivity contribution in [3.05, 3.63) is 34.9 Å². The number of nitrogens with zero attached hydrogens (tertiary/aromatic N) is 1. The van der Waals surface area contributed by atoms with E-state index in [2.05, 4.69) is 0 Å². The predicted octanol–water partition coefficient (Wildman–Crippen LogP) is 0.584. The summed E-state index contributed by atoms with van der Waals surface area (Å²) in [5, 5.41) is 30.4. The van der Waals surface area contributed by atoms with E-state index in [1.165, 1.54) is 0 Å². The van der Waals surface area contributed by atoms with Crippen LogP contribution in [0.5, 0.6) is 0 Å². The number of carboxylic acid groups (broad SMARTS) is 1. The summed E-state index contributed by atoms with van der Waals surface area (Å²) in [5.74, 6) is -2.84. The van der Waals surface area contributed by atoms with Gasteiger partial charge in [0.05, 0.1) is 11.6 Å². The molecule has 0 aromatic heterocycles. The van der Waals surface area contributed by atoms with Crippen molar-refractivity contribution in [3.8, 4) is 0 Å². The molecule has 1 aromatic rings. The molecule has 0 spiro atoms. The van der Waals surface area contributed by atoms with E-state index >= 15 is 0 Å². The number of likely N-dealkylation sites (tertiary alicyclic amines) is 1. The highest BCUT2D eigenvalue weighted by atomic mass is 16.5. The Labute approximate surface area is 117 Å². The van der Waals surface area contributed by atoms with Crippen molar-refractivity contribution in [1.29, 1.82) is 0 Å². The van der Waals surface area contributed by atoms with Gasteiger partial charge in [-0.3, -0.25) is 4.90 Å². The van der Waals surface area contributed by atoms with Crippen LogP contribution in [0.25, 0.3) is 0 Å². The van der Waals surface area contributed by atoms with E-state index < -0.39 is 17.2 Å². The number of hydrogen-bond acceptors (Lipinski definition) is 4. The highest BCUT2D eigenvalue weighted by Gasteiger charge is 2.59. The van der Waals surface area contributed by atoms with Crippen molar-refractivity contribution in [2.45, 2.75) is 37.0 Å². The SMILES string of the molecule is CN1CCC2(C)c3cc(C(=O)O)ccc3C[C@@H]1C2(O)O. The number of carboxylic acids is 1. The van der Waals surface area contributed by atoms with Crippen LogP contribution in [-0.4, -0.2) is 51.6 Å². The van der Waals surface area contributed by atoms with Crippen molar-refractivity contribution >= 4 is 5.97 Å². The molecule has 1 unspecified atom stereocenters. The van der Waals surface area contributed by atoms with Crippen LogP contribution in [0.3, 0.4) is 0 Å². The van der Waals surface area contributed by atoms with E-state index in [1.807, 2.05) is 18.9 Å². The largest absolute Gasteiger partial charge is 0.478 e. The first-order chi connectivity index (χ1) is 9.27. The van der Waals surface area contributed by atoms with Gasteiger partial charge >= 0.3 is 5.97 Å². The maximum Gasteiger partial charge on any atom is 0.335 e. The summed E-state index contributed by atoms with van der Waals surface area (Å²) in [6.07, 6.45) is 1.11. The first-order valence-electron chi connectivity index (χ1n) is 6.79. The smallest absolute Gasteiger partial charge is 0.335 e. The van der Waals surface area contributed by atoms with Crippen LogP contribution < -0.4 is 0 Å². The molecule has 1 saturated heterocycles. The average molecular weight is 277 g/mol. The van der Waals surface area contributed by atoms with Gasteiger partial charge in [0, 0.05) is 5.41 Å². The Morgan fingerprint density at radius 2 is 2.10 bits per heavy atom. The molecule has 2 bridgehead atoms. The third-order valence-electron chi connectivity index (χ3n) is 5.14. The molecule has 5 heteroatoms. The molecule has 3 N–H and O–H groups in total. The van der Waals surface area contributed by atoms with Crippen LogP contribution in [0.4, 0.5) is 0 Å². The summed E-state index contributed by atoms with van der Waals surface area (Å²) < 4.78 is 0. The lowest BCUT2D eigenvalue weighted by molar-refractivity contribution is -0.270. The fraction of sp³-hybridized carbons (Fsp3) is 0.533. The van der Waals surface area contributed by atoms with E-state index in [0.717, 1.165) is 17.7 Å². The Balaban J connectivity index is 2.20. The first kappa shape index (κ1) is 13.5. The van der Waals surface area contributed by atoms with Gasteiger partial charge in [0.2, 0.25) is 0 Å². The highest BCUT2D eigenvalue weighted by molar-refractivity contribution is 5.88. The van der Waals surface area contributed by atoms with Crippen LogP contribution in [0, 0.1) is 0 Å². The minimum absolute atomic E-state index is 0.193. The number of benzene rings is 1. The summed E-state index contributed by atoms with van der Waals surface area (Å²) in [6, 6.07) is 4.63. The number of piperidine rings is 1. The molecule has 20 heavy (non-hydrogen) atoms. The molecule has 3 rings (SSSR count). The van der Waals surface area contributed by atoms with Crippen molar-refractivity contribution in [3.63, 3.8) is 0 Å². The Morgan fingerprint density at radius 1 is 1.40 bits per heavy atom. The quantitative estimate of drug-likeness (QED) is 0.654.